The van der Waals surface area contributed by atoms with Crippen LogP contribution in [0.5, 0.6) is 0 Å². The topological polar surface area (TPSA) is 111 Å². The largest absolute Gasteiger partial charge is 0.368 e. The van der Waals surface area contributed by atoms with Crippen molar-refractivity contribution in [1.82, 2.24) is 19.8 Å². The number of rotatable bonds is 10. The number of sulfonamides is 1. The predicted molar refractivity (Wildman–Crippen MR) is 139 cm³/mol. The molecule has 0 saturated heterocycles. The Morgan fingerprint density at radius 2 is 1.86 bits per heavy atom. The second-order valence-corrected chi connectivity index (χ2v) is 11.4. The van der Waals surface area contributed by atoms with Crippen LogP contribution >= 0.6 is 23.2 Å². The molecule has 12 heteroatoms. The first-order valence-electron chi connectivity index (χ1n) is 11.5. The second-order valence-electron chi connectivity index (χ2n) is 8.71. The Bertz CT molecular complexity index is 1280. The van der Waals surface area contributed by atoms with Gasteiger partial charge in [0.15, 0.2) is 0 Å². The summed E-state index contributed by atoms with van der Waals surface area (Å²) >= 11 is 12.1. The van der Waals surface area contributed by atoms with Crippen LogP contribution in [0.15, 0.2) is 52.4 Å². The van der Waals surface area contributed by atoms with Gasteiger partial charge in [-0.2, -0.15) is 4.31 Å². The molecule has 36 heavy (non-hydrogen) atoms. The highest BCUT2D eigenvalue weighted by Crippen LogP contribution is 2.36. The van der Waals surface area contributed by atoms with Crippen LogP contribution < -0.4 is 10.6 Å². The van der Waals surface area contributed by atoms with Gasteiger partial charge in [-0.25, -0.2) is 8.42 Å². The van der Waals surface area contributed by atoms with Crippen molar-refractivity contribution >= 4 is 50.9 Å². The lowest BCUT2D eigenvalue weighted by Gasteiger charge is -2.23. The molecule has 1 heterocycles. The number of nitrogens with one attached hydrogen (secondary N) is 2. The number of hydrogen-bond donors (Lipinski definition) is 2. The van der Waals surface area contributed by atoms with Gasteiger partial charge in [-0.1, -0.05) is 53.5 Å². The van der Waals surface area contributed by atoms with E-state index in [4.69, 9.17) is 23.2 Å². The van der Waals surface area contributed by atoms with Crippen LogP contribution in [0.4, 0.5) is 0 Å². The maximum Gasteiger partial charge on any atom is 0.245 e. The van der Waals surface area contributed by atoms with Crippen LogP contribution in [-0.4, -0.2) is 74.5 Å². The number of halogens is 2. The molecular formula is C24H27Cl2N5O4S. The molecule has 2 aromatic rings. The van der Waals surface area contributed by atoms with Gasteiger partial charge >= 0.3 is 0 Å². The van der Waals surface area contributed by atoms with Crippen molar-refractivity contribution in [3.05, 3.63) is 63.6 Å². The summed E-state index contributed by atoms with van der Waals surface area (Å²) in [6.07, 6.45) is 1.29. The predicted octanol–water partition coefficient (Wildman–Crippen LogP) is 2.27. The molecule has 192 valence electrons. The third kappa shape index (κ3) is 6.18. The van der Waals surface area contributed by atoms with E-state index in [1.54, 1.807) is 7.05 Å². The number of carbonyl (C=O) groups is 2. The molecule has 1 fully saturated rings. The van der Waals surface area contributed by atoms with Crippen molar-refractivity contribution in [2.45, 2.75) is 30.3 Å². The van der Waals surface area contributed by atoms with Crippen LogP contribution in [0.3, 0.4) is 0 Å². The summed E-state index contributed by atoms with van der Waals surface area (Å²) in [5, 5.41) is 5.79. The molecule has 0 radical (unpaired) electrons. The Kier molecular flexibility index (Phi) is 8.19. The lowest BCUT2D eigenvalue weighted by molar-refractivity contribution is -0.132. The molecule has 2 aliphatic rings. The lowest BCUT2D eigenvalue weighted by Crippen LogP contribution is -2.45. The standard InChI is InChI=1S/C24H27Cl2N5O4S/c1-30(14-16-5-7-17(8-6-16)24-27-11-12-28-24)22(33)13-29-21(32)15-31(18-9-10-18)36(34,35)20-4-2-3-19(25)23(20)26/h2-8,18H,9-15H2,1H3,(H,27,28)(H,29,32). The summed E-state index contributed by atoms with van der Waals surface area (Å²) in [7, 11) is -2.40. The summed E-state index contributed by atoms with van der Waals surface area (Å²) in [4.78, 5) is 30.9. The van der Waals surface area contributed by atoms with Crippen LogP contribution in [0, 0.1) is 0 Å². The van der Waals surface area contributed by atoms with Crippen molar-refractivity contribution in [2.24, 2.45) is 4.99 Å². The molecule has 0 atom stereocenters. The van der Waals surface area contributed by atoms with Gasteiger partial charge in [-0.15, -0.1) is 0 Å². The zero-order valence-corrected chi connectivity index (χ0v) is 22.0. The maximum absolute atomic E-state index is 13.2. The van der Waals surface area contributed by atoms with E-state index < -0.39 is 22.5 Å². The van der Waals surface area contributed by atoms with E-state index in [1.165, 1.54) is 23.1 Å². The smallest absolute Gasteiger partial charge is 0.245 e. The molecule has 2 aromatic carbocycles. The Labute approximate surface area is 220 Å². The molecule has 0 unspecified atom stereocenters. The summed E-state index contributed by atoms with van der Waals surface area (Å²) in [6, 6.07) is 11.8. The molecule has 9 nitrogen and oxygen atoms in total. The average molecular weight is 552 g/mol. The number of amides is 2. The van der Waals surface area contributed by atoms with Gasteiger partial charge in [-0.05, 0) is 30.5 Å². The maximum atomic E-state index is 13.2. The second kappa shape index (κ2) is 11.2. The summed E-state index contributed by atoms with van der Waals surface area (Å²) in [5.41, 5.74) is 1.93. The normalized spacial score (nSPS) is 15.4. The fourth-order valence-corrected chi connectivity index (χ4v) is 6.19. The highest BCUT2D eigenvalue weighted by atomic mass is 35.5. The van der Waals surface area contributed by atoms with Gasteiger partial charge in [0.2, 0.25) is 21.8 Å². The monoisotopic (exact) mass is 551 g/mol. The molecule has 1 aliphatic carbocycles. The van der Waals surface area contributed by atoms with E-state index in [9.17, 15) is 18.0 Å². The van der Waals surface area contributed by atoms with Crippen LogP contribution in [0.1, 0.15) is 24.0 Å². The van der Waals surface area contributed by atoms with E-state index >= 15 is 0 Å². The number of aliphatic imine (C=N–C) groups is 1. The Hall–Kier alpha value is -2.66. The molecule has 0 bridgehead atoms. The van der Waals surface area contributed by atoms with Gasteiger partial charge in [0.25, 0.3) is 0 Å². The van der Waals surface area contributed by atoms with Crippen LogP contribution in [0.25, 0.3) is 0 Å². The number of hydrogen-bond acceptors (Lipinski definition) is 6. The highest BCUT2D eigenvalue weighted by molar-refractivity contribution is 7.89. The van der Waals surface area contributed by atoms with Gasteiger partial charge in [0, 0.05) is 31.7 Å². The zero-order valence-electron chi connectivity index (χ0n) is 19.7. The minimum Gasteiger partial charge on any atom is -0.368 e. The highest BCUT2D eigenvalue weighted by Gasteiger charge is 2.40. The molecule has 1 aliphatic heterocycles. The Morgan fingerprint density at radius 3 is 2.50 bits per heavy atom. The van der Waals surface area contributed by atoms with Crippen LogP contribution in [0.2, 0.25) is 10.0 Å². The summed E-state index contributed by atoms with van der Waals surface area (Å²) in [6.45, 7) is 1.30. The molecule has 1 saturated carbocycles. The third-order valence-electron chi connectivity index (χ3n) is 5.94. The minimum atomic E-state index is -4.04. The number of amidine groups is 1. The first kappa shape index (κ1) is 26.4. The van der Waals surface area contributed by atoms with Gasteiger partial charge in [0.05, 0.1) is 29.7 Å². The quantitative estimate of drug-likeness (QED) is 0.470. The van der Waals surface area contributed by atoms with Gasteiger partial charge in [-0.3, -0.25) is 14.6 Å². The van der Waals surface area contributed by atoms with Crippen molar-refractivity contribution in [1.29, 1.82) is 0 Å². The Morgan fingerprint density at radius 1 is 1.14 bits per heavy atom. The molecule has 2 N–H and O–H groups in total. The molecular weight excluding hydrogens is 525 g/mol. The average Bonchev–Trinajstić information content (AvgIpc) is 3.55. The Balaban J connectivity index is 1.31. The van der Waals surface area contributed by atoms with Crippen molar-refractivity contribution in [2.75, 3.05) is 33.2 Å². The number of nitrogens with zero attached hydrogens (tertiary/aromatic N) is 3. The molecule has 2 amide bonds. The zero-order chi connectivity index (χ0) is 25.9. The lowest BCUT2D eigenvalue weighted by atomic mass is 10.1. The summed E-state index contributed by atoms with van der Waals surface area (Å²) in [5.74, 6) is 0.00104. The van der Waals surface area contributed by atoms with Crippen molar-refractivity contribution < 1.29 is 18.0 Å². The first-order chi connectivity index (χ1) is 17.2. The van der Waals surface area contributed by atoms with Gasteiger partial charge < -0.3 is 15.5 Å². The van der Waals surface area contributed by atoms with E-state index in [2.05, 4.69) is 15.6 Å². The van der Waals surface area contributed by atoms with E-state index in [0.29, 0.717) is 19.4 Å². The number of benzene rings is 2. The van der Waals surface area contributed by atoms with Crippen molar-refractivity contribution in [3.63, 3.8) is 0 Å². The number of likely N-dealkylation sites (N-methyl/N-ethyl adjacent to an activating group) is 1. The molecule has 0 spiro atoms. The van der Waals surface area contributed by atoms with E-state index in [1.807, 2.05) is 24.3 Å². The molecule has 0 aromatic heterocycles. The van der Waals surface area contributed by atoms with Crippen LogP contribution in [-0.2, 0) is 26.2 Å². The van der Waals surface area contributed by atoms with Gasteiger partial charge in [0.1, 0.15) is 10.7 Å². The minimum absolute atomic E-state index is 0.0810. The molecule has 4 rings (SSSR count). The fraction of sp³-hybridized carbons (Fsp3) is 0.375. The SMILES string of the molecule is CN(Cc1ccc(C2=NCCN2)cc1)C(=O)CNC(=O)CN(C1CC1)S(=O)(=O)c1cccc(Cl)c1Cl. The third-order valence-corrected chi connectivity index (χ3v) is 8.81. The summed E-state index contributed by atoms with van der Waals surface area (Å²) < 4.78 is 27.5. The first-order valence-corrected chi connectivity index (χ1v) is 13.7. The van der Waals surface area contributed by atoms with E-state index in [0.717, 1.165) is 34.4 Å². The number of carbonyl (C=O) groups excluding carboxylic acids is 2. The fourth-order valence-electron chi connectivity index (χ4n) is 3.81. The van der Waals surface area contributed by atoms with E-state index in [-0.39, 0.29) is 33.4 Å². The van der Waals surface area contributed by atoms with Crippen molar-refractivity contribution in [3.8, 4) is 0 Å².